The SMILES string of the molecule is Cc1ccc([C@H](N)C2CCCCC2)cc1Br.Cl. The second-order valence-electron chi connectivity index (χ2n) is 4.93. The molecule has 1 aliphatic rings. The minimum Gasteiger partial charge on any atom is -0.324 e. The van der Waals surface area contributed by atoms with E-state index in [-0.39, 0.29) is 18.4 Å². The first-order chi connectivity index (χ1) is 7.68. The summed E-state index contributed by atoms with van der Waals surface area (Å²) < 4.78 is 1.18. The highest BCUT2D eigenvalue weighted by Crippen LogP contribution is 2.34. The van der Waals surface area contributed by atoms with Crippen molar-refractivity contribution in [3.8, 4) is 0 Å². The zero-order chi connectivity index (χ0) is 11.5. The monoisotopic (exact) mass is 317 g/mol. The molecule has 0 amide bonds. The van der Waals surface area contributed by atoms with E-state index < -0.39 is 0 Å². The van der Waals surface area contributed by atoms with Gasteiger partial charge in [0, 0.05) is 10.5 Å². The van der Waals surface area contributed by atoms with Crippen molar-refractivity contribution in [2.24, 2.45) is 11.7 Å². The van der Waals surface area contributed by atoms with Gasteiger partial charge in [0.1, 0.15) is 0 Å². The van der Waals surface area contributed by atoms with Crippen LogP contribution in [0.1, 0.15) is 49.3 Å². The van der Waals surface area contributed by atoms with E-state index in [0.29, 0.717) is 5.92 Å². The van der Waals surface area contributed by atoms with Gasteiger partial charge in [-0.3, -0.25) is 0 Å². The summed E-state index contributed by atoms with van der Waals surface area (Å²) in [5.74, 6) is 0.684. The standard InChI is InChI=1S/C14H20BrN.ClH/c1-10-7-8-12(9-13(10)15)14(16)11-5-3-2-4-6-11;/h7-9,11,14H,2-6,16H2,1H3;1H/t14-;/m1./s1. The van der Waals surface area contributed by atoms with Crippen LogP contribution < -0.4 is 5.73 Å². The summed E-state index contributed by atoms with van der Waals surface area (Å²) in [6, 6.07) is 6.74. The molecule has 3 heteroatoms. The molecule has 0 spiro atoms. The van der Waals surface area contributed by atoms with E-state index in [1.807, 2.05) is 0 Å². The van der Waals surface area contributed by atoms with Gasteiger partial charge < -0.3 is 5.73 Å². The Morgan fingerprint density at radius 1 is 1.24 bits per heavy atom. The van der Waals surface area contributed by atoms with Crippen LogP contribution >= 0.6 is 28.3 Å². The van der Waals surface area contributed by atoms with Crippen molar-refractivity contribution in [2.75, 3.05) is 0 Å². The van der Waals surface area contributed by atoms with Crippen LogP contribution in [0, 0.1) is 12.8 Å². The maximum atomic E-state index is 6.37. The molecule has 0 aromatic heterocycles. The molecule has 1 fully saturated rings. The van der Waals surface area contributed by atoms with Crippen LogP contribution in [0.3, 0.4) is 0 Å². The van der Waals surface area contributed by atoms with Gasteiger partial charge in [0.2, 0.25) is 0 Å². The molecular formula is C14H21BrClN. The Bertz CT molecular complexity index is 361. The molecule has 1 aromatic carbocycles. The molecule has 0 heterocycles. The number of rotatable bonds is 2. The third kappa shape index (κ3) is 3.70. The van der Waals surface area contributed by atoms with Gasteiger partial charge in [0.25, 0.3) is 0 Å². The number of benzene rings is 1. The van der Waals surface area contributed by atoms with Crippen LogP contribution in [-0.2, 0) is 0 Å². The van der Waals surface area contributed by atoms with Gasteiger partial charge in [-0.05, 0) is 42.9 Å². The van der Waals surface area contributed by atoms with Gasteiger partial charge in [-0.15, -0.1) is 12.4 Å². The first-order valence-electron chi connectivity index (χ1n) is 6.20. The van der Waals surface area contributed by atoms with Crippen molar-refractivity contribution in [1.82, 2.24) is 0 Å². The Kier molecular flexibility index (Phi) is 5.98. The zero-order valence-corrected chi connectivity index (χ0v) is 12.7. The lowest BCUT2D eigenvalue weighted by atomic mass is 9.81. The number of nitrogens with two attached hydrogens (primary N) is 1. The van der Waals surface area contributed by atoms with Crippen molar-refractivity contribution in [1.29, 1.82) is 0 Å². The average Bonchev–Trinajstić information content (AvgIpc) is 2.33. The lowest BCUT2D eigenvalue weighted by molar-refractivity contribution is 0.308. The molecule has 1 nitrogen and oxygen atoms in total. The molecule has 0 bridgehead atoms. The Balaban J connectivity index is 0.00000144. The molecule has 0 saturated heterocycles. The van der Waals surface area contributed by atoms with E-state index in [0.717, 1.165) is 0 Å². The molecule has 0 aliphatic heterocycles. The molecule has 1 aliphatic carbocycles. The Morgan fingerprint density at radius 3 is 2.47 bits per heavy atom. The summed E-state index contributed by atoms with van der Waals surface area (Å²) in [5, 5.41) is 0. The van der Waals surface area contributed by atoms with Crippen molar-refractivity contribution < 1.29 is 0 Å². The van der Waals surface area contributed by atoms with Crippen molar-refractivity contribution in [2.45, 2.75) is 45.1 Å². The number of hydrogen-bond donors (Lipinski definition) is 1. The van der Waals surface area contributed by atoms with Gasteiger partial charge in [0.05, 0.1) is 0 Å². The molecule has 1 aromatic rings. The summed E-state index contributed by atoms with van der Waals surface area (Å²) in [6.45, 7) is 2.11. The first-order valence-corrected chi connectivity index (χ1v) is 6.99. The second-order valence-corrected chi connectivity index (χ2v) is 5.79. The topological polar surface area (TPSA) is 26.0 Å². The third-order valence-electron chi connectivity index (χ3n) is 3.74. The highest BCUT2D eigenvalue weighted by atomic mass is 79.9. The van der Waals surface area contributed by atoms with Gasteiger partial charge >= 0.3 is 0 Å². The molecule has 96 valence electrons. The summed E-state index contributed by atoms with van der Waals surface area (Å²) in [5.41, 5.74) is 8.93. The van der Waals surface area contributed by atoms with E-state index in [9.17, 15) is 0 Å². The van der Waals surface area contributed by atoms with Crippen LogP contribution in [-0.4, -0.2) is 0 Å². The molecule has 0 radical (unpaired) electrons. The number of hydrogen-bond acceptors (Lipinski definition) is 1. The minimum absolute atomic E-state index is 0. The average molecular weight is 319 g/mol. The fraction of sp³-hybridized carbons (Fsp3) is 0.571. The van der Waals surface area contributed by atoms with E-state index in [2.05, 4.69) is 41.1 Å². The third-order valence-corrected chi connectivity index (χ3v) is 4.59. The Labute approximate surface area is 119 Å². The second kappa shape index (κ2) is 6.77. The summed E-state index contributed by atoms with van der Waals surface area (Å²) in [7, 11) is 0. The quantitative estimate of drug-likeness (QED) is 0.836. The van der Waals surface area contributed by atoms with E-state index in [1.165, 1.54) is 47.7 Å². The fourth-order valence-electron chi connectivity index (χ4n) is 2.58. The van der Waals surface area contributed by atoms with Gasteiger partial charge in [0.15, 0.2) is 0 Å². The highest BCUT2D eigenvalue weighted by Gasteiger charge is 2.21. The molecule has 1 saturated carbocycles. The van der Waals surface area contributed by atoms with E-state index in [1.54, 1.807) is 0 Å². The number of halogens is 2. The normalized spacial score (nSPS) is 18.5. The summed E-state index contributed by atoms with van der Waals surface area (Å²) in [4.78, 5) is 0. The van der Waals surface area contributed by atoms with Crippen molar-refractivity contribution >= 4 is 28.3 Å². The van der Waals surface area contributed by atoms with Crippen molar-refractivity contribution in [3.63, 3.8) is 0 Å². The van der Waals surface area contributed by atoms with Gasteiger partial charge in [-0.1, -0.05) is 47.3 Å². The molecule has 2 N–H and O–H groups in total. The molecule has 2 rings (SSSR count). The fourth-order valence-corrected chi connectivity index (χ4v) is 2.98. The smallest absolute Gasteiger partial charge is 0.0323 e. The Hall–Kier alpha value is -0.0500. The largest absolute Gasteiger partial charge is 0.324 e. The zero-order valence-electron chi connectivity index (χ0n) is 10.3. The van der Waals surface area contributed by atoms with Crippen LogP contribution in [0.4, 0.5) is 0 Å². The molecule has 17 heavy (non-hydrogen) atoms. The predicted octanol–water partition coefficient (Wildman–Crippen LogP) is 4.76. The summed E-state index contributed by atoms with van der Waals surface area (Å²) in [6.07, 6.45) is 6.69. The van der Waals surface area contributed by atoms with E-state index >= 15 is 0 Å². The van der Waals surface area contributed by atoms with Crippen LogP contribution in [0.25, 0.3) is 0 Å². The highest BCUT2D eigenvalue weighted by molar-refractivity contribution is 9.10. The molecule has 1 atom stereocenters. The van der Waals surface area contributed by atoms with Gasteiger partial charge in [-0.25, -0.2) is 0 Å². The molecular weight excluding hydrogens is 298 g/mol. The van der Waals surface area contributed by atoms with Gasteiger partial charge in [-0.2, -0.15) is 0 Å². The maximum absolute atomic E-state index is 6.37. The predicted molar refractivity (Wildman–Crippen MR) is 79.6 cm³/mol. The summed E-state index contributed by atoms with van der Waals surface area (Å²) >= 11 is 3.58. The van der Waals surface area contributed by atoms with Crippen LogP contribution in [0.15, 0.2) is 22.7 Å². The maximum Gasteiger partial charge on any atom is 0.0323 e. The van der Waals surface area contributed by atoms with Crippen LogP contribution in [0.5, 0.6) is 0 Å². The van der Waals surface area contributed by atoms with E-state index in [4.69, 9.17) is 5.73 Å². The lowest BCUT2D eigenvalue weighted by Gasteiger charge is -2.28. The minimum atomic E-state index is 0. The Morgan fingerprint density at radius 2 is 1.88 bits per heavy atom. The lowest BCUT2D eigenvalue weighted by Crippen LogP contribution is -2.23. The van der Waals surface area contributed by atoms with Crippen molar-refractivity contribution in [3.05, 3.63) is 33.8 Å². The molecule has 0 unspecified atom stereocenters. The van der Waals surface area contributed by atoms with Crippen LogP contribution in [0.2, 0.25) is 0 Å². The number of aryl methyl sites for hydroxylation is 1. The first kappa shape index (κ1) is 15.0.